The van der Waals surface area contributed by atoms with E-state index in [1.165, 1.54) is 0 Å². The lowest BCUT2D eigenvalue weighted by Crippen LogP contribution is -2.17. The van der Waals surface area contributed by atoms with Crippen LogP contribution in [0.1, 0.15) is 38.9 Å². The van der Waals surface area contributed by atoms with E-state index in [0.29, 0.717) is 11.3 Å². The van der Waals surface area contributed by atoms with Gasteiger partial charge in [0.25, 0.3) is 5.91 Å². The van der Waals surface area contributed by atoms with Gasteiger partial charge in [0, 0.05) is 17.6 Å². The normalized spacial score (nSPS) is 10.3. The zero-order valence-corrected chi connectivity index (χ0v) is 16.7. The highest BCUT2D eigenvalue weighted by Crippen LogP contribution is 2.21. The summed E-state index contributed by atoms with van der Waals surface area (Å²) in [7, 11) is 0. The fourth-order valence-corrected chi connectivity index (χ4v) is 3.01. The lowest BCUT2D eigenvalue weighted by molar-refractivity contribution is 0.0527. The fraction of sp³-hybridized carbons (Fsp3) is 0.174. The van der Waals surface area contributed by atoms with Crippen molar-refractivity contribution in [1.29, 1.82) is 0 Å². The van der Waals surface area contributed by atoms with E-state index in [2.05, 4.69) is 21.7 Å². The number of anilines is 3. The molecule has 0 aliphatic rings. The number of carbonyl (C=O) groups excluding carboxylic acids is 2. The molecule has 0 saturated carbocycles. The molecule has 29 heavy (non-hydrogen) atoms. The molecule has 0 radical (unpaired) electrons. The van der Waals surface area contributed by atoms with E-state index in [0.717, 1.165) is 22.5 Å². The van der Waals surface area contributed by atoms with Crippen molar-refractivity contribution in [2.45, 2.75) is 20.8 Å². The van der Waals surface area contributed by atoms with Crippen molar-refractivity contribution in [3.8, 4) is 0 Å². The minimum Gasteiger partial charge on any atom is -0.462 e. The number of pyridine rings is 1. The molecule has 1 amide bonds. The molecule has 6 nitrogen and oxygen atoms in total. The summed E-state index contributed by atoms with van der Waals surface area (Å²) >= 11 is 0. The van der Waals surface area contributed by atoms with Gasteiger partial charge in [-0.1, -0.05) is 18.2 Å². The van der Waals surface area contributed by atoms with Gasteiger partial charge in [-0.2, -0.15) is 0 Å². The van der Waals surface area contributed by atoms with Gasteiger partial charge in [-0.15, -0.1) is 0 Å². The molecule has 1 heterocycles. The number of aryl methyl sites for hydroxylation is 2. The summed E-state index contributed by atoms with van der Waals surface area (Å²) in [6.07, 6.45) is 1.57. The first-order chi connectivity index (χ1) is 14.0. The van der Waals surface area contributed by atoms with Crippen LogP contribution in [0.5, 0.6) is 0 Å². The molecule has 0 spiro atoms. The van der Waals surface area contributed by atoms with Crippen LogP contribution in [0.25, 0.3) is 0 Å². The second kappa shape index (κ2) is 9.01. The van der Waals surface area contributed by atoms with E-state index < -0.39 is 11.9 Å². The molecule has 3 aromatic rings. The minimum atomic E-state index is -0.485. The van der Waals surface area contributed by atoms with E-state index in [4.69, 9.17) is 4.74 Å². The lowest BCUT2D eigenvalue weighted by Gasteiger charge is -2.12. The molecule has 0 aliphatic carbocycles. The van der Waals surface area contributed by atoms with Crippen LogP contribution < -0.4 is 10.6 Å². The molecule has 0 unspecified atom stereocenters. The Labute approximate surface area is 169 Å². The number of amides is 1. The number of hydrogen-bond acceptors (Lipinski definition) is 5. The van der Waals surface area contributed by atoms with Gasteiger partial charge in [-0.25, -0.2) is 4.79 Å². The molecular weight excluding hydrogens is 366 g/mol. The van der Waals surface area contributed by atoms with Gasteiger partial charge in [-0.3, -0.25) is 9.78 Å². The van der Waals surface area contributed by atoms with Gasteiger partial charge < -0.3 is 15.4 Å². The average Bonchev–Trinajstić information content (AvgIpc) is 2.68. The maximum Gasteiger partial charge on any atom is 0.340 e. The highest BCUT2D eigenvalue weighted by atomic mass is 16.5. The smallest absolute Gasteiger partial charge is 0.340 e. The molecule has 2 N–H and O–H groups in total. The molecule has 1 aromatic heterocycles. The molecule has 0 bridgehead atoms. The number of nitrogens with zero attached hydrogens (tertiary/aromatic N) is 1. The summed E-state index contributed by atoms with van der Waals surface area (Å²) < 4.78 is 5.04. The topological polar surface area (TPSA) is 80.3 Å². The summed E-state index contributed by atoms with van der Waals surface area (Å²) in [4.78, 5) is 29.0. The summed E-state index contributed by atoms with van der Waals surface area (Å²) in [5.74, 6) is -0.896. The standard InChI is InChI=1S/C23H23N3O3/c1-4-29-23(28)19-7-5-6-8-20(19)26-22(27)21-14-17(9-10-24-21)25-18-12-15(2)11-16(3)13-18/h5-14H,4H2,1-3H3,(H,24,25)(H,26,27). The van der Waals surface area contributed by atoms with Crippen molar-refractivity contribution in [1.82, 2.24) is 4.98 Å². The van der Waals surface area contributed by atoms with Crippen LogP contribution in [-0.2, 0) is 4.74 Å². The number of carbonyl (C=O) groups is 2. The van der Waals surface area contributed by atoms with Gasteiger partial charge in [0.2, 0.25) is 0 Å². The summed E-state index contributed by atoms with van der Waals surface area (Å²) in [5.41, 5.74) is 4.89. The summed E-state index contributed by atoms with van der Waals surface area (Å²) in [6, 6.07) is 16.3. The van der Waals surface area contributed by atoms with Crippen molar-refractivity contribution < 1.29 is 14.3 Å². The molecule has 0 aliphatic heterocycles. The molecule has 148 valence electrons. The molecule has 0 saturated heterocycles. The Balaban J connectivity index is 1.79. The van der Waals surface area contributed by atoms with E-state index in [1.807, 2.05) is 26.0 Å². The largest absolute Gasteiger partial charge is 0.462 e. The Bertz CT molecular complexity index is 1030. The predicted molar refractivity (Wildman–Crippen MR) is 114 cm³/mol. The van der Waals surface area contributed by atoms with Crippen molar-refractivity contribution in [3.63, 3.8) is 0 Å². The average molecular weight is 389 g/mol. The summed E-state index contributed by atoms with van der Waals surface area (Å²) in [6.45, 7) is 6.06. The minimum absolute atomic E-state index is 0.234. The first-order valence-electron chi connectivity index (χ1n) is 9.35. The van der Waals surface area contributed by atoms with Crippen molar-refractivity contribution in [2.75, 3.05) is 17.2 Å². The third kappa shape index (κ3) is 5.19. The van der Waals surface area contributed by atoms with Crippen LogP contribution in [-0.4, -0.2) is 23.5 Å². The molecule has 0 atom stereocenters. The highest BCUT2D eigenvalue weighted by molar-refractivity contribution is 6.07. The third-order valence-corrected chi connectivity index (χ3v) is 4.17. The number of benzene rings is 2. The molecule has 3 rings (SSSR count). The van der Waals surface area contributed by atoms with E-state index >= 15 is 0 Å². The van der Waals surface area contributed by atoms with E-state index in [1.54, 1.807) is 49.5 Å². The van der Waals surface area contributed by atoms with Crippen molar-refractivity contribution >= 4 is 28.9 Å². The fourth-order valence-electron chi connectivity index (χ4n) is 3.01. The Hall–Kier alpha value is -3.67. The second-order valence-corrected chi connectivity index (χ2v) is 6.65. The first-order valence-corrected chi connectivity index (χ1v) is 9.35. The Morgan fingerprint density at radius 3 is 2.41 bits per heavy atom. The van der Waals surface area contributed by atoms with Crippen LogP contribution in [0.4, 0.5) is 17.1 Å². The van der Waals surface area contributed by atoms with Gasteiger partial charge in [-0.05, 0) is 68.3 Å². The van der Waals surface area contributed by atoms with Gasteiger partial charge in [0.05, 0.1) is 17.9 Å². The summed E-state index contributed by atoms with van der Waals surface area (Å²) in [5, 5.41) is 6.04. The molecule has 6 heteroatoms. The van der Waals surface area contributed by atoms with Crippen LogP contribution in [0.2, 0.25) is 0 Å². The maximum absolute atomic E-state index is 12.7. The number of nitrogens with one attached hydrogen (secondary N) is 2. The Kier molecular flexibility index (Phi) is 6.24. The number of ether oxygens (including phenoxy) is 1. The van der Waals surface area contributed by atoms with Gasteiger partial charge in [0.15, 0.2) is 0 Å². The number of aromatic nitrogens is 1. The van der Waals surface area contributed by atoms with Crippen molar-refractivity contribution in [3.05, 3.63) is 83.2 Å². The van der Waals surface area contributed by atoms with Crippen LogP contribution in [0.15, 0.2) is 60.8 Å². The lowest BCUT2D eigenvalue weighted by atomic mass is 10.1. The van der Waals surface area contributed by atoms with Crippen LogP contribution in [0, 0.1) is 13.8 Å². The Morgan fingerprint density at radius 1 is 0.966 bits per heavy atom. The zero-order chi connectivity index (χ0) is 20.8. The SMILES string of the molecule is CCOC(=O)c1ccccc1NC(=O)c1cc(Nc2cc(C)cc(C)c2)ccn1. The van der Waals surface area contributed by atoms with E-state index in [-0.39, 0.29) is 12.3 Å². The van der Waals surface area contributed by atoms with Crippen LogP contribution >= 0.6 is 0 Å². The monoisotopic (exact) mass is 389 g/mol. The first kappa shape index (κ1) is 20.1. The molecule has 2 aromatic carbocycles. The quantitative estimate of drug-likeness (QED) is 0.588. The Morgan fingerprint density at radius 2 is 1.69 bits per heavy atom. The van der Waals surface area contributed by atoms with Crippen molar-refractivity contribution in [2.24, 2.45) is 0 Å². The van der Waals surface area contributed by atoms with E-state index in [9.17, 15) is 9.59 Å². The second-order valence-electron chi connectivity index (χ2n) is 6.65. The maximum atomic E-state index is 12.7. The van der Waals surface area contributed by atoms with Gasteiger partial charge in [0.1, 0.15) is 5.69 Å². The molecule has 0 fully saturated rings. The number of rotatable bonds is 6. The number of hydrogen-bond donors (Lipinski definition) is 2. The predicted octanol–water partition coefficient (Wildman–Crippen LogP) is 4.87. The highest BCUT2D eigenvalue weighted by Gasteiger charge is 2.15. The number of esters is 1. The van der Waals surface area contributed by atoms with Crippen LogP contribution in [0.3, 0.4) is 0 Å². The number of para-hydroxylation sites is 1. The third-order valence-electron chi connectivity index (χ3n) is 4.17. The molecular formula is C23H23N3O3. The van der Waals surface area contributed by atoms with Gasteiger partial charge >= 0.3 is 5.97 Å². The zero-order valence-electron chi connectivity index (χ0n) is 16.7.